The molecular formula is C22H20N6O. The molecule has 1 saturated heterocycles. The van der Waals surface area contributed by atoms with Gasteiger partial charge in [-0.3, -0.25) is 0 Å². The quantitative estimate of drug-likeness (QED) is 0.580. The zero-order chi connectivity index (χ0) is 19.6. The van der Waals surface area contributed by atoms with Gasteiger partial charge in [-0.15, -0.1) is 0 Å². The van der Waals surface area contributed by atoms with Gasteiger partial charge in [-0.2, -0.15) is 9.97 Å². The summed E-state index contributed by atoms with van der Waals surface area (Å²) in [7, 11) is 0. The van der Waals surface area contributed by atoms with Crippen LogP contribution in [-0.4, -0.2) is 46.2 Å². The summed E-state index contributed by atoms with van der Waals surface area (Å²) >= 11 is 0. The molecule has 1 fully saturated rings. The Hall–Kier alpha value is -3.58. The largest absolute Gasteiger partial charge is 0.378 e. The number of nitrogens with zero attached hydrogens (tertiary/aromatic N) is 5. The minimum Gasteiger partial charge on any atom is -0.378 e. The first-order chi connectivity index (χ1) is 14.3. The molecule has 2 N–H and O–H groups in total. The molecule has 4 aromatic rings. The van der Waals surface area contributed by atoms with Gasteiger partial charge < -0.3 is 15.4 Å². The fourth-order valence-corrected chi connectivity index (χ4v) is 3.51. The van der Waals surface area contributed by atoms with Crippen molar-refractivity contribution in [2.24, 2.45) is 0 Å². The Bertz CT molecular complexity index is 1140. The van der Waals surface area contributed by atoms with Crippen LogP contribution in [0.15, 0.2) is 60.8 Å². The summed E-state index contributed by atoms with van der Waals surface area (Å²) in [5.74, 6) is 0.916. The van der Waals surface area contributed by atoms with E-state index in [0.29, 0.717) is 30.2 Å². The van der Waals surface area contributed by atoms with Crippen LogP contribution in [0.1, 0.15) is 0 Å². The number of morpholine rings is 1. The molecule has 0 radical (unpaired) electrons. The number of fused-ring (bicyclic) bond motifs is 1. The average molecular weight is 384 g/mol. The van der Waals surface area contributed by atoms with E-state index in [9.17, 15) is 0 Å². The van der Waals surface area contributed by atoms with Crippen LogP contribution in [0, 0.1) is 0 Å². The highest BCUT2D eigenvalue weighted by Crippen LogP contribution is 2.27. The van der Waals surface area contributed by atoms with Crippen LogP contribution >= 0.6 is 0 Å². The number of rotatable bonds is 3. The maximum Gasteiger partial charge on any atom is 0.224 e. The van der Waals surface area contributed by atoms with E-state index in [1.54, 1.807) is 6.20 Å². The summed E-state index contributed by atoms with van der Waals surface area (Å²) in [6.07, 6.45) is 1.73. The topological polar surface area (TPSA) is 90.0 Å². The van der Waals surface area contributed by atoms with Gasteiger partial charge in [0.05, 0.1) is 25.1 Å². The summed E-state index contributed by atoms with van der Waals surface area (Å²) in [6.45, 7) is 2.78. The number of nitrogen functional groups attached to an aromatic ring is 1. The number of aromatic nitrogens is 4. The molecule has 1 aliphatic heterocycles. The Morgan fingerprint density at radius 1 is 0.793 bits per heavy atom. The molecule has 29 heavy (non-hydrogen) atoms. The molecule has 0 saturated carbocycles. The summed E-state index contributed by atoms with van der Waals surface area (Å²) in [4.78, 5) is 20.2. The molecule has 0 unspecified atom stereocenters. The van der Waals surface area contributed by atoms with Crippen LogP contribution in [0.5, 0.6) is 0 Å². The number of anilines is 2. The highest BCUT2D eigenvalue weighted by atomic mass is 16.5. The van der Waals surface area contributed by atoms with Crippen molar-refractivity contribution in [3.63, 3.8) is 0 Å². The van der Waals surface area contributed by atoms with Crippen molar-refractivity contribution in [2.75, 3.05) is 36.9 Å². The van der Waals surface area contributed by atoms with E-state index in [1.807, 2.05) is 18.2 Å². The molecule has 5 rings (SSSR count). The van der Waals surface area contributed by atoms with E-state index in [1.165, 1.54) is 5.56 Å². The van der Waals surface area contributed by atoms with Gasteiger partial charge in [-0.05, 0) is 11.1 Å². The maximum atomic E-state index is 5.90. The van der Waals surface area contributed by atoms with E-state index in [-0.39, 0.29) is 5.95 Å². The molecule has 3 heterocycles. The second-order valence-electron chi connectivity index (χ2n) is 6.88. The lowest BCUT2D eigenvalue weighted by Gasteiger charge is -2.28. The zero-order valence-corrected chi connectivity index (χ0v) is 15.8. The number of hydrogen-bond donors (Lipinski definition) is 1. The summed E-state index contributed by atoms with van der Waals surface area (Å²) < 4.78 is 5.45. The first-order valence-corrected chi connectivity index (χ1v) is 9.57. The van der Waals surface area contributed by atoms with Crippen molar-refractivity contribution >= 4 is 22.9 Å². The van der Waals surface area contributed by atoms with Crippen molar-refractivity contribution in [1.82, 2.24) is 19.9 Å². The molecule has 7 nitrogen and oxygen atoms in total. The minimum absolute atomic E-state index is 0.202. The van der Waals surface area contributed by atoms with Crippen LogP contribution in [0.3, 0.4) is 0 Å². The fraction of sp³-hybridized carbons (Fsp3) is 0.182. The number of benzene rings is 2. The Kier molecular flexibility index (Phi) is 4.50. The van der Waals surface area contributed by atoms with Crippen molar-refractivity contribution in [1.29, 1.82) is 0 Å². The molecular weight excluding hydrogens is 364 g/mol. The third kappa shape index (κ3) is 3.48. The lowest BCUT2D eigenvalue weighted by molar-refractivity contribution is 0.122. The van der Waals surface area contributed by atoms with Gasteiger partial charge in [0.1, 0.15) is 0 Å². The van der Waals surface area contributed by atoms with Crippen LogP contribution < -0.4 is 10.6 Å². The molecule has 0 bridgehead atoms. The minimum atomic E-state index is 0.202. The second kappa shape index (κ2) is 7.44. The van der Waals surface area contributed by atoms with E-state index in [4.69, 9.17) is 15.5 Å². The predicted octanol–water partition coefficient (Wildman–Crippen LogP) is 3.17. The lowest BCUT2D eigenvalue weighted by Crippen LogP contribution is -2.37. The zero-order valence-electron chi connectivity index (χ0n) is 15.8. The van der Waals surface area contributed by atoms with Crippen molar-refractivity contribution in [3.8, 4) is 22.4 Å². The van der Waals surface area contributed by atoms with E-state index >= 15 is 0 Å². The van der Waals surface area contributed by atoms with Crippen LogP contribution in [0.4, 0.5) is 11.8 Å². The molecule has 1 aliphatic rings. The Labute approximate surface area is 168 Å². The summed E-state index contributed by atoms with van der Waals surface area (Å²) in [5, 5.41) is 0. The number of ether oxygens (including phenoxy) is 1. The van der Waals surface area contributed by atoms with Gasteiger partial charge >= 0.3 is 0 Å². The molecule has 0 spiro atoms. The normalized spacial score (nSPS) is 14.3. The van der Waals surface area contributed by atoms with Crippen LogP contribution in [0.2, 0.25) is 0 Å². The highest BCUT2D eigenvalue weighted by molar-refractivity contribution is 5.86. The van der Waals surface area contributed by atoms with Gasteiger partial charge in [-0.25, -0.2) is 9.97 Å². The summed E-state index contributed by atoms with van der Waals surface area (Å²) in [6, 6.07) is 18.6. The molecule has 2 aromatic heterocycles. The van der Waals surface area contributed by atoms with E-state index < -0.39 is 0 Å². The Balaban J connectivity index is 1.54. The van der Waals surface area contributed by atoms with Gasteiger partial charge in [0.2, 0.25) is 5.95 Å². The van der Waals surface area contributed by atoms with Crippen LogP contribution in [-0.2, 0) is 4.74 Å². The van der Waals surface area contributed by atoms with Gasteiger partial charge in [0.15, 0.2) is 17.0 Å². The first kappa shape index (κ1) is 17.5. The van der Waals surface area contributed by atoms with Gasteiger partial charge in [-0.1, -0.05) is 54.6 Å². The molecule has 2 aromatic carbocycles. The standard InChI is InChI=1S/C22H20N6O/c23-22-26-20-19(21(27-22)28-10-12-29-13-11-28)25-18(14-24-20)17-8-6-16(7-9-17)15-4-2-1-3-5-15/h1-9,14H,10-13H2,(H2,23,24,26,27). The molecule has 144 valence electrons. The SMILES string of the molecule is Nc1nc(N2CCOCC2)c2nc(-c3ccc(-c4ccccc4)cc3)cnc2n1. The molecule has 0 atom stereocenters. The molecule has 7 heteroatoms. The van der Waals surface area contributed by atoms with Crippen molar-refractivity contribution < 1.29 is 4.74 Å². The monoisotopic (exact) mass is 384 g/mol. The third-order valence-electron chi connectivity index (χ3n) is 5.00. The Morgan fingerprint density at radius 2 is 1.48 bits per heavy atom. The van der Waals surface area contributed by atoms with E-state index in [0.717, 1.165) is 29.9 Å². The lowest BCUT2D eigenvalue weighted by atomic mass is 10.0. The van der Waals surface area contributed by atoms with E-state index in [2.05, 4.69) is 56.3 Å². The molecule has 0 aliphatic carbocycles. The summed E-state index contributed by atoms with van der Waals surface area (Å²) in [5.41, 5.74) is 11.2. The van der Waals surface area contributed by atoms with Gasteiger partial charge in [0, 0.05) is 18.7 Å². The smallest absolute Gasteiger partial charge is 0.224 e. The first-order valence-electron chi connectivity index (χ1n) is 9.57. The molecule has 0 amide bonds. The second-order valence-corrected chi connectivity index (χ2v) is 6.88. The fourth-order valence-electron chi connectivity index (χ4n) is 3.51. The number of nitrogens with two attached hydrogens (primary N) is 1. The Morgan fingerprint density at radius 3 is 2.24 bits per heavy atom. The van der Waals surface area contributed by atoms with Crippen LogP contribution in [0.25, 0.3) is 33.5 Å². The predicted molar refractivity (Wildman–Crippen MR) is 113 cm³/mol. The van der Waals surface area contributed by atoms with Crippen molar-refractivity contribution in [2.45, 2.75) is 0 Å². The highest BCUT2D eigenvalue weighted by Gasteiger charge is 2.19. The number of hydrogen-bond acceptors (Lipinski definition) is 7. The van der Waals surface area contributed by atoms with Gasteiger partial charge in [0.25, 0.3) is 0 Å². The average Bonchev–Trinajstić information content (AvgIpc) is 2.79. The third-order valence-corrected chi connectivity index (χ3v) is 5.00. The maximum absolute atomic E-state index is 5.90. The van der Waals surface area contributed by atoms with Crippen molar-refractivity contribution in [3.05, 3.63) is 60.8 Å².